The predicted molar refractivity (Wildman–Crippen MR) is 111 cm³/mol. The fraction of sp³-hybridized carbons (Fsp3) is 0.318. The van der Waals surface area contributed by atoms with E-state index in [2.05, 4.69) is 15.4 Å². The van der Waals surface area contributed by atoms with Crippen molar-refractivity contribution in [3.8, 4) is 5.75 Å². The standard InChI is InChI=1S/C22H19F4N3O5/c23-16-7-12(8-17(24)19(16)15-4-5-18(30)28-20(15)31)29-9-14(10-29)34-22(32)27-11-2-1-3-13(6-11)33-21(25)26/h1-3,6-8,14-15,21H,4-5,9-10H2,(H,27,32)(H,28,30,31). The van der Waals surface area contributed by atoms with Crippen LogP contribution in [-0.2, 0) is 14.3 Å². The first-order valence-electron chi connectivity index (χ1n) is 10.3. The Balaban J connectivity index is 1.32. The van der Waals surface area contributed by atoms with Crippen LogP contribution in [0, 0.1) is 11.6 Å². The molecule has 1 atom stereocenters. The number of ether oxygens (including phenoxy) is 2. The monoisotopic (exact) mass is 481 g/mol. The molecule has 2 saturated heterocycles. The minimum atomic E-state index is -3.00. The zero-order valence-electron chi connectivity index (χ0n) is 17.5. The molecule has 1 unspecified atom stereocenters. The fourth-order valence-electron chi connectivity index (χ4n) is 3.83. The van der Waals surface area contributed by atoms with Gasteiger partial charge in [-0.15, -0.1) is 0 Å². The SMILES string of the molecule is O=C1CCC(c2c(F)cc(N3CC(OC(=O)Nc4cccc(OC(F)F)c4)C3)cc2F)C(=O)N1. The third-order valence-corrected chi connectivity index (χ3v) is 5.44. The van der Waals surface area contributed by atoms with Gasteiger partial charge < -0.3 is 14.4 Å². The van der Waals surface area contributed by atoms with Gasteiger partial charge in [0.2, 0.25) is 11.8 Å². The normalized spacial score (nSPS) is 18.4. The maximum atomic E-state index is 14.7. The van der Waals surface area contributed by atoms with E-state index in [4.69, 9.17) is 4.74 Å². The number of hydrogen-bond acceptors (Lipinski definition) is 6. The maximum absolute atomic E-state index is 14.7. The van der Waals surface area contributed by atoms with Crippen molar-refractivity contribution in [1.82, 2.24) is 5.32 Å². The van der Waals surface area contributed by atoms with Crippen molar-refractivity contribution in [2.24, 2.45) is 0 Å². The molecule has 4 rings (SSSR count). The minimum absolute atomic E-state index is 0.00617. The van der Waals surface area contributed by atoms with Crippen molar-refractivity contribution in [3.63, 3.8) is 0 Å². The molecule has 2 aliphatic rings. The number of alkyl halides is 2. The molecule has 0 spiro atoms. The van der Waals surface area contributed by atoms with Crippen LogP contribution in [-0.4, -0.2) is 43.7 Å². The van der Waals surface area contributed by atoms with Gasteiger partial charge in [0.25, 0.3) is 0 Å². The second-order valence-electron chi connectivity index (χ2n) is 7.79. The number of piperidine rings is 1. The summed E-state index contributed by atoms with van der Waals surface area (Å²) in [5, 5.41) is 4.47. The number of imide groups is 1. The van der Waals surface area contributed by atoms with E-state index < -0.39 is 48.2 Å². The van der Waals surface area contributed by atoms with Crippen molar-refractivity contribution in [1.29, 1.82) is 0 Å². The highest BCUT2D eigenvalue weighted by atomic mass is 19.3. The summed E-state index contributed by atoms with van der Waals surface area (Å²) >= 11 is 0. The van der Waals surface area contributed by atoms with Crippen LogP contribution < -0.4 is 20.3 Å². The van der Waals surface area contributed by atoms with E-state index in [9.17, 15) is 31.9 Å². The molecule has 0 aliphatic carbocycles. The van der Waals surface area contributed by atoms with Crippen LogP contribution in [0.25, 0.3) is 0 Å². The molecule has 8 nitrogen and oxygen atoms in total. The molecule has 2 N–H and O–H groups in total. The summed E-state index contributed by atoms with van der Waals surface area (Å²) in [7, 11) is 0. The number of anilines is 2. The van der Waals surface area contributed by atoms with E-state index in [1.165, 1.54) is 24.3 Å². The molecule has 0 bridgehead atoms. The van der Waals surface area contributed by atoms with Gasteiger partial charge in [0, 0.05) is 29.4 Å². The van der Waals surface area contributed by atoms with Crippen LogP contribution in [0.4, 0.5) is 33.7 Å². The van der Waals surface area contributed by atoms with Crippen LogP contribution in [0.2, 0.25) is 0 Å². The smallest absolute Gasteiger partial charge is 0.412 e. The van der Waals surface area contributed by atoms with E-state index in [1.54, 1.807) is 4.90 Å². The number of carbonyl (C=O) groups excluding carboxylic acids is 3. The van der Waals surface area contributed by atoms with Crippen LogP contribution >= 0.6 is 0 Å². The van der Waals surface area contributed by atoms with Gasteiger partial charge >= 0.3 is 12.7 Å². The first-order chi connectivity index (χ1) is 16.2. The number of rotatable bonds is 6. The highest BCUT2D eigenvalue weighted by molar-refractivity contribution is 6.01. The van der Waals surface area contributed by atoms with Gasteiger partial charge in [-0.25, -0.2) is 13.6 Å². The van der Waals surface area contributed by atoms with Crippen molar-refractivity contribution < 1.29 is 41.4 Å². The Bertz CT molecular complexity index is 1100. The minimum Gasteiger partial charge on any atom is -0.442 e. The van der Waals surface area contributed by atoms with Crippen LogP contribution in [0.3, 0.4) is 0 Å². The second kappa shape index (κ2) is 9.57. The summed E-state index contributed by atoms with van der Waals surface area (Å²) in [6.45, 7) is -2.67. The number of hydrogen-bond donors (Lipinski definition) is 2. The number of carbonyl (C=O) groups is 3. The average molecular weight is 481 g/mol. The van der Waals surface area contributed by atoms with Gasteiger partial charge in [0.05, 0.1) is 19.0 Å². The molecule has 0 radical (unpaired) electrons. The van der Waals surface area contributed by atoms with Crippen molar-refractivity contribution in [2.75, 3.05) is 23.3 Å². The molecule has 2 heterocycles. The molecule has 0 saturated carbocycles. The summed E-state index contributed by atoms with van der Waals surface area (Å²) in [4.78, 5) is 36.9. The zero-order chi connectivity index (χ0) is 24.4. The number of halogens is 4. The Morgan fingerprint density at radius 3 is 2.47 bits per heavy atom. The van der Waals surface area contributed by atoms with Gasteiger partial charge in [-0.2, -0.15) is 8.78 Å². The molecule has 12 heteroatoms. The highest BCUT2D eigenvalue weighted by Crippen LogP contribution is 2.33. The molecule has 3 amide bonds. The fourth-order valence-corrected chi connectivity index (χ4v) is 3.83. The molecule has 34 heavy (non-hydrogen) atoms. The topological polar surface area (TPSA) is 97.0 Å². The molecular weight excluding hydrogens is 462 g/mol. The van der Waals surface area contributed by atoms with Crippen LogP contribution in [0.15, 0.2) is 36.4 Å². The third-order valence-electron chi connectivity index (χ3n) is 5.44. The highest BCUT2D eigenvalue weighted by Gasteiger charge is 2.35. The summed E-state index contributed by atoms with van der Waals surface area (Å²) in [6, 6.07) is 7.56. The summed E-state index contributed by atoms with van der Waals surface area (Å²) in [5.41, 5.74) is 0.00941. The molecule has 2 aromatic carbocycles. The lowest BCUT2D eigenvalue weighted by molar-refractivity contribution is -0.134. The van der Waals surface area contributed by atoms with E-state index in [1.807, 2.05) is 0 Å². The van der Waals surface area contributed by atoms with Crippen molar-refractivity contribution >= 4 is 29.3 Å². The van der Waals surface area contributed by atoms with Gasteiger partial charge in [-0.3, -0.25) is 20.2 Å². The molecule has 2 fully saturated rings. The zero-order valence-corrected chi connectivity index (χ0v) is 17.5. The summed E-state index contributed by atoms with van der Waals surface area (Å²) in [5.74, 6) is -4.25. The van der Waals surface area contributed by atoms with Gasteiger partial charge in [-0.05, 0) is 30.7 Å². The first-order valence-corrected chi connectivity index (χ1v) is 10.3. The van der Waals surface area contributed by atoms with Gasteiger partial charge in [0.1, 0.15) is 23.5 Å². The molecule has 180 valence electrons. The number of nitrogens with one attached hydrogen (secondary N) is 2. The Morgan fingerprint density at radius 1 is 1.12 bits per heavy atom. The van der Waals surface area contributed by atoms with Crippen LogP contribution in [0.1, 0.15) is 24.3 Å². The largest absolute Gasteiger partial charge is 0.442 e. The Labute approximate surface area is 190 Å². The molecule has 2 aromatic rings. The van der Waals surface area contributed by atoms with Crippen molar-refractivity contribution in [2.45, 2.75) is 31.5 Å². The Hall–Kier alpha value is -3.83. The third kappa shape index (κ3) is 5.21. The summed E-state index contributed by atoms with van der Waals surface area (Å²) < 4.78 is 63.4. The van der Waals surface area contributed by atoms with E-state index in [-0.39, 0.29) is 48.6 Å². The predicted octanol–water partition coefficient (Wildman–Crippen LogP) is 3.52. The quantitative estimate of drug-likeness (QED) is 0.484. The lowest BCUT2D eigenvalue weighted by Gasteiger charge is -2.40. The summed E-state index contributed by atoms with van der Waals surface area (Å²) in [6.07, 6.45) is -1.39. The van der Waals surface area contributed by atoms with E-state index in [0.29, 0.717) is 0 Å². The lowest BCUT2D eigenvalue weighted by atomic mass is 9.89. The number of amides is 3. The Kier molecular flexibility index (Phi) is 6.57. The first kappa shape index (κ1) is 23.3. The lowest BCUT2D eigenvalue weighted by Crippen LogP contribution is -2.53. The molecule has 2 aliphatic heterocycles. The van der Waals surface area contributed by atoms with Crippen LogP contribution in [0.5, 0.6) is 5.75 Å². The van der Waals surface area contributed by atoms with Crippen molar-refractivity contribution in [3.05, 3.63) is 53.6 Å². The molecule has 0 aromatic heterocycles. The average Bonchev–Trinajstić information content (AvgIpc) is 2.71. The van der Waals surface area contributed by atoms with E-state index in [0.717, 1.165) is 12.1 Å². The van der Waals surface area contributed by atoms with E-state index >= 15 is 0 Å². The van der Waals surface area contributed by atoms with Gasteiger partial charge in [0.15, 0.2) is 0 Å². The molecular formula is C22H19F4N3O5. The second-order valence-corrected chi connectivity index (χ2v) is 7.79. The maximum Gasteiger partial charge on any atom is 0.412 e. The number of nitrogens with zero attached hydrogens (tertiary/aromatic N) is 1. The Morgan fingerprint density at radius 2 is 1.82 bits per heavy atom. The number of benzene rings is 2. The van der Waals surface area contributed by atoms with Gasteiger partial charge in [-0.1, -0.05) is 6.07 Å².